The van der Waals surface area contributed by atoms with Gasteiger partial charge in [-0.25, -0.2) is 4.39 Å². The van der Waals surface area contributed by atoms with Crippen LogP contribution in [0, 0.1) is 11.7 Å². The summed E-state index contributed by atoms with van der Waals surface area (Å²) in [5, 5.41) is 0. The van der Waals surface area contributed by atoms with E-state index < -0.39 is 11.9 Å². The zero-order valence-electron chi connectivity index (χ0n) is 8.44. The molecule has 1 fully saturated rings. The number of ether oxygens (including phenoxy) is 1. The molecule has 1 atom stereocenters. The van der Waals surface area contributed by atoms with E-state index in [9.17, 15) is 9.18 Å². The Hall–Kier alpha value is -1.29. The van der Waals surface area contributed by atoms with Crippen molar-refractivity contribution in [2.75, 3.05) is 7.11 Å². The summed E-state index contributed by atoms with van der Waals surface area (Å²) < 4.78 is 18.0. The summed E-state index contributed by atoms with van der Waals surface area (Å²) in [5.74, 6) is -0.371. The summed E-state index contributed by atoms with van der Waals surface area (Å²) in [5.41, 5.74) is 0.286. The molecule has 1 unspecified atom stereocenters. The predicted molar refractivity (Wildman–Crippen MR) is 52.0 cm³/mol. The molecule has 80 valence electrons. The Morgan fingerprint density at radius 1 is 1.60 bits per heavy atom. The van der Waals surface area contributed by atoms with Gasteiger partial charge in [0.05, 0.1) is 6.20 Å². The molecule has 0 radical (unpaired) electrons. The number of carbonyl (C=O) groups excluding carboxylic acids is 1. The quantitative estimate of drug-likeness (QED) is 0.710. The van der Waals surface area contributed by atoms with E-state index in [1.807, 2.05) is 0 Å². The summed E-state index contributed by atoms with van der Waals surface area (Å²) >= 11 is 0. The average Bonchev–Trinajstić information content (AvgIpc) is 3.03. The minimum atomic E-state index is -0.494. The second-order valence-corrected chi connectivity index (χ2v) is 3.75. The maximum absolute atomic E-state index is 12.9. The minimum absolute atomic E-state index is 0.174. The zero-order valence-corrected chi connectivity index (χ0v) is 8.44. The molecule has 0 amide bonds. The highest BCUT2D eigenvalue weighted by atomic mass is 19.1. The molecular weight excluding hydrogens is 197 g/mol. The van der Waals surface area contributed by atoms with Crippen LogP contribution in [0.5, 0.6) is 0 Å². The molecule has 0 N–H and O–H groups in total. The molecule has 0 saturated heterocycles. The van der Waals surface area contributed by atoms with E-state index >= 15 is 0 Å². The molecular formula is C11H12FNO2. The summed E-state index contributed by atoms with van der Waals surface area (Å²) in [6, 6.07) is 1.20. The van der Waals surface area contributed by atoms with Crippen LogP contribution >= 0.6 is 0 Å². The van der Waals surface area contributed by atoms with Gasteiger partial charge in [0.2, 0.25) is 0 Å². The van der Waals surface area contributed by atoms with Crippen LogP contribution in [0.2, 0.25) is 0 Å². The Balaban J connectivity index is 2.18. The van der Waals surface area contributed by atoms with E-state index in [1.165, 1.54) is 19.4 Å². The van der Waals surface area contributed by atoms with Crippen LogP contribution in [0.15, 0.2) is 18.5 Å². The van der Waals surface area contributed by atoms with E-state index in [0.29, 0.717) is 5.92 Å². The lowest BCUT2D eigenvalue weighted by atomic mass is 10.0. The van der Waals surface area contributed by atoms with Gasteiger partial charge in [-0.3, -0.25) is 9.78 Å². The van der Waals surface area contributed by atoms with Gasteiger partial charge in [-0.1, -0.05) is 0 Å². The van der Waals surface area contributed by atoms with Gasteiger partial charge in [0.25, 0.3) is 0 Å². The molecule has 1 aromatic heterocycles. The van der Waals surface area contributed by atoms with Crippen molar-refractivity contribution >= 4 is 5.78 Å². The van der Waals surface area contributed by atoms with E-state index in [2.05, 4.69) is 4.98 Å². The first-order valence-electron chi connectivity index (χ1n) is 4.90. The van der Waals surface area contributed by atoms with Gasteiger partial charge in [-0.15, -0.1) is 0 Å². The molecule has 4 heteroatoms. The first-order chi connectivity index (χ1) is 7.22. The predicted octanol–water partition coefficient (Wildman–Crippen LogP) is 1.83. The lowest BCUT2D eigenvalue weighted by Gasteiger charge is -2.12. The van der Waals surface area contributed by atoms with Crippen LogP contribution < -0.4 is 0 Å². The molecule has 1 aliphatic carbocycles. The maximum atomic E-state index is 12.9. The van der Waals surface area contributed by atoms with E-state index in [4.69, 9.17) is 4.74 Å². The summed E-state index contributed by atoms with van der Waals surface area (Å²) in [7, 11) is 1.51. The van der Waals surface area contributed by atoms with E-state index in [0.717, 1.165) is 19.0 Å². The highest BCUT2D eigenvalue weighted by Gasteiger charge is 2.36. The molecule has 2 rings (SSSR count). The van der Waals surface area contributed by atoms with Crippen molar-refractivity contribution in [3.05, 3.63) is 29.8 Å². The maximum Gasteiger partial charge on any atom is 0.193 e. The highest BCUT2D eigenvalue weighted by Crippen LogP contribution is 2.35. The molecule has 0 aromatic carbocycles. The van der Waals surface area contributed by atoms with Crippen molar-refractivity contribution in [3.63, 3.8) is 0 Å². The van der Waals surface area contributed by atoms with Crippen molar-refractivity contribution in [1.29, 1.82) is 0 Å². The van der Waals surface area contributed by atoms with Crippen LogP contribution in [0.4, 0.5) is 4.39 Å². The molecule has 1 aliphatic rings. The Labute approximate surface area is 87.3 Å². The lowest BCUT2D eigenvalue weighted by molar-refractivity contribution is 0.0539. The fraction of sp³-hybridized carbons (Fsp3) is 0.455. The minimum Gasteiger partial charge on any atom is -0.373 e. The van der Waals surface area contributed by atoms with Crippen LogP contribution in [-0.4, -0.2) is 24.0 Å². The summed E-state index contributed by atoms with van der Waals surface area (Å²) in [6.45, 7) is 0. The van der Waals surface area contributed by atoms with Gasteiger partial charge in [-0.05, 0) is 24.8 Å². The summed E-state index contributed by atoms with van der Waals surface area (Å²) in [6.07, 6.45) is 4.03. The normalized spacial score (nSPS) is 17.5. The number of methoxy groups -OCH3 is 1. The monoisotopic (exact) mass is 209 g/mol. The molecule has 15 heavy (non-hydrogen) atoms. The second-order valence-electron chi connectivity index (χ2n) is 3.75. The van der Waals surface area contributed by atoms with Gasteiger partial charge in [-0.2, -0.15) is 0 Å². The van der Waals surface area contributed by atoms with Crippen LogP contribution in [0.25, 0.3) is 0 Å². The number of nitrogens with zero attached hydrogens (tertiary/aromatic N) is 1. The Bertz CT molecular complexity index is 377. The first kappa shape index (κ1) is 10.2. The molecule has 3 nitrogen and oxygen atoms in total. The molecule has 0 aliphatic heterocycles. The smallest absolute Gasteiger partial charge is 0.193 e. The van der Waals surface area contributed by atoms with Gasteiger partial charge in [0.15, 0.2) is 5.78 Å². The van der Waals surface area contributed by atoms with Gasteiger partial charge in [0.1, 0.15) is 11.9 Å². The number of ketones is 1. The number of Topliss-reactive ketones (excluding diaryl/α,β-unsaturated/α-hetero) is 1. The van der Waals surface area contributed by atoms with Gasteiger partial charge >= 0.3 is 0 Å². The zero-order chi connectivity index (χ0) is 10.8. The largest absolute Gasteiger partial charge is 0.373 e. The average molecular weight is 209 g/mol. The Kier molecular flexibility index (Phi) is 2.77. The first-order valence-corrected chi connectivity index (χ1v) is 4.90. The van der Waals surface area contributed by atoms with Crippen LogP contribution in [-0.2, 0) is 4.74 Å². The van der Waals surface area contributed by atoms with Crippen molar-refractivity contribution in [2.45, 2.75) is 18.9 Å². The third-order valence-electron chi connectivity index (χ3n) is 2.55. The van der Waals surface area contributed by atoms with Crippen molar-refractivity contribution in [3.8, 4) is 0 Å². The van der Waals surface area contributed by atoms with E-state index in [-0.39, 0.29) is 11.3 Å². The molecule has 1 saturated carbocycles. The number of hydrogen-bond acceptors (Lipinski definition) is 3. The van der Waals surface area contributed by atoms with Crippen molar-refractivity contribution in [1.82, 2.24) is 4.98 Å². The second kappa shape index (κ2) is 4.06. The third kappa shape index (κ3) is 2.21. The lowest BCUT2D eigenvalue weighted by Crippen LogP contribution is -2.25. The van der Waals surface area contributed by atoms with Crippen molar-refractivity contribution in [2.24, 2.45) is 5.92 Å². The Morgan fingerprint density at radius 3 is 2.87 bits per heavy atom. The molecule has 1 heterocycles. The van der Waals surface area contributed by atoms with Crippen molar-refractivity contribution < 1.29 is 13.9 Å². The van der Waals surface area contributed by atoms with Gasteiger partial charge < -0.3 is 4.74 Å². The SMILES string of the molecule is COC(C(=O)c1cncc(F)c1)C1CC1. The van der Waals surface area contributed by atoms with Gasteiger partial charge in [0, 0.05) is 18.9 Å². The number of carbonyl (C=O) groups is 1. The van der Waals surface area contributed by atoms with Crippen LogP contribution in [0.3, 0.4) is 0 Å². The Morgan fingerprint density at radius 2 is 2.33 bits per heavy atom. The number of aromatic nitrogens is 1. The number of hydrogen-bond donors (Lipinski definition) is 0. The fourth-order valence-electron chi connectivity index (χ4n) is 1.62. The number of pyridine rings is 1. The third-order valence-corrected chi connectivity index (χ3v) is 2.55. The number of halogens is 1. The van der Waals surface area contributed by atoms with E-state index in [1.54, 1.807) is 0 Å². The molecule has 0 bridgehead atoms. The number of rotatable bonds is 4. The fourth-order valence-corrected chi connectivity index (χ4v) is 1.62. The molecule has 0 spiro atoms. The standard InChI is InChI=1S/C11H12FNO2/c1-15-11(7-2-3-7)10(14)8-4-9(12)6-13-5-8/h4-7,11H,2-3H2,1H3. The highest BCUT2D eigenvalue weighted by molar-refractivity contribution is 5.99. The topological polar surface area (TPSA) is 39.2 Å². The molecule has 1 aromatic rings. The summed E-state index contributed by atoms with van der Waals surface area (Å²) in [4.78, 5) is 15.5. The van der Waals surface area contributed by atoms with Crippen LogP contribution in [0.1, 0.15) is 23.2 Å².